The van der Waals surface area contributed by atoms with Crippen molar-refractivity contribution < 1.29 is 19.8 Å². The second-order valence-electron chi connectivity index (χ2n) is 11.6. The molecule has 222 valence electrons. The van der Waals surface area contributed by atoms with E-state index in [1.165, 1.54) is 54.9 Å². The molecule has 0 aliphatic heterocycles. The van der Waals surface area contributed by atoms with Gasteiger partial charge >= 0.3 is 11.9 Å². The molecule has 2 aromatic heterocycles. The summed E-state index contributed by atoms with van der Waals surface area (Å²) in [6, 6.07) is 18.8. The first-order chi connectivity index (χ1) is 20.7. The van der Waals surface area contributed by atoms with Crippen LogP contribution < -0.4 is 0 Å². The quantitative estimate of drug-likeness (QED) is 0.216. The van der Waals surface area contributed by atoms with Crippen LogP contribution in [-0.4, -0.2) is 41.9 Å². The lowest BCUT2D eigenvalue weighted by Crippen LogP contribution is -2.38. The number of rotatable bonds is 7. The van der Waals surface area contributed by atoms with Crippen LogP contribution >= 0.6 is 0 Å². The number of carboxylic acid groups (broad SMARTS) is 2. The van der Waals surface area contributed by atoms with Gasteiger partial charge in [0.15, 0.2) is 0 Å². The standard InChI is InChI=1S/C24H26N2O4.C11H12N2/c1-15-11-19(21(27)28)13-24(12-15,23(29)30)22-25-14-20(26-22)18-9-7-17(8-10-18)16-5-3-2-4-6-16;1-10-3-5-11(6-4-10)9-13-8-2-7-12-13/h7-12,14,16H,2-6,13H2,1H3,(H,25,26)(H,27,28)(H,29,30);2-8H,9H2,1H3. The highest BCUT2D eigenvalue weighted by Crippen LogP contribution is 2.38. The second-order valence-corrected chi connectivity index (χ2v) is 11.6. The number of hydrogen-bond donors (Lipinski definition) is 3. The number of nitrogens with one attached hydrogen (secondary N) is 1. The van der Waals surface area contributed by atoms with Crippen molar-refractivity contribution in [3.05, 3.63) is 119 Å². The number of aliphatic carboxylic acids is 2. The summed E-state index contributed by atoms with van der Waals surface area (Å²) in [7, 11) is 0. The van der Waals surface area contributed by atoms with E-state index in [0.29, 0.717) is 11.5 Å². The zero-order valence-corrected chi connectivity index (χ0v) is 24.7. The van der Waals surface area contributed by atoms with Crippen molar-refractivity contribution in [1.29, 1.82) is 0 Å². The third-order valence-corrected chi connectivity index (χ3v) is 8.32. The molecule has 1 saturated carbocycles. The molecule has 2 aromatic carbocycles. The van der Waals surface area contributed by atoms with E-state index in [1.54, 1.807) is 25.4 Å². The van der Waals surface area contributed by atoms with Gasteiger partial charge in [0, 0.05) is 24.4 Å². The van der Waals surface area contributed by atoms with Crippen molar-refractivity contribution >= 4 is 11.9 Å². The Kier molecular flexibility index (Phi) is 9.04. The monoisotopic (exact) mass is 578 g/mol. The number of allylic oxidation sites excluding steroid dienone is 2. The van der Waals surface area contributed by atoms with E-state index in [2.05, 4.69) is 58.4 Å². The van der Waals surface area contributed by atoms with Crippen LogP contribution in [0.5, 0.6) is 0 Å². The average Bonchev–Trinajstić information content (AvgIpc) is 3.72. The number of benzene rings is 2. The van der Waals surface area contributed by atoms with Crippen molar-refractivity contribution in [3.63, 3.8) is 0 Å². The molecule has 1 unspecified atom stereocenters. The number of hydrogen-bond acceptors (Lipinski definition) is 4. The molecule has 4 aromatic rings. The summed E-state index contributed by atoms with van der Waals surface area (Å²) in [6.45, 7) is 4.65. The molecule has 2 heterocycles. The minimum Gasteiger partial charge on any atom is -0.480 e. The van der Waals surface area contributed by atoms with Gasteiger partial charge in [-0.3, -0.25) is 9.48 Å². The van der Waals surface area contributed by atoms with Crippen molar-refractivity contribution in [2.75, 3.05) is 0 Å². The van der Waals surface area contributed by atoms with Gasteiger partial charge in [0.05, 0.1) is 18.4 Å². The van der Waals surface area contributed by atoms with Crippen LogP contribution in [0.1, 0.15) is 73.9 Å². The van der Waals surface area contributed by atoms with Gasteiger partial charge < -0.3 is 15.2 Å². The second kappa shape index (κ2) is 13.1. The van der Waals surface area contributed by atoms with Gasteiger partial charge in [-0.15, -0.1) is 0 Å². The summed E-state index contributed by atoms with van der Waals surface area (Å²) in [4.78, 5) is 31.2. The molecular formula is C35H38N4O4. The SMILES string of the molecule is CC1=CC(C(=O)O)(c2ncc(-c3ccc(C4CCCCC4)cc3)[nH]2)CC(C(=O)O)=C1.Cc1ccc(Cn2cccn2)cc1. The van der Waals surface area contributed by atoms with E-state index in [0.717, 1.165) is 17.8 Å². The predicted molar refractivity (Wildman–Crippen MR) is 166 cm³/mol. The Hall–Kier alpha value is -4.72. The number of imidazole rings is 1. The normalized spacial score (nSPS) is 18.7. The number of aromatic amines is 1. The van der Waals surface area contributed by atoms with Crippen molar-refractivity contribution in [3.8, 4) is 11.3 Å². The maximum atomic E-state index is 12.2. The van der Waals surface area contributed by atoms with Crippen molar-refractivity contribution in [1.82, 2.24) is 19.7 Å². The Morgan fingerprint density at radius 2 is 1.72 bits per heavy atom. The number of aryl methyl sites for hydroxylation is 1. The van der Waals surface area contributed by atoms with Crippen LogP contribution in [0, 0.1) is 6.92 Å². The first kappa shape index (κ1) is 29.8. The molecule has 43 heavy (non-hydrogen) atoms. The first-order valence-electron chi connectivity index (χ1n) is 14.8. The molecule has 0 spiro atoms. The van der Waals surface area contributed by atoms with Crippen LogP contribution in [0.15, 0.2) is 96.5 Å². The Morgan fingerprint density at radius 1 is 1.00 bits per heavy atom. The van der Waals surface area contributed by atoms with Crippen LogP contribution in [0.3, 0.4) is 0 Å². The zero-order chi connectivity index (χ0) is 30.4. The van der Waals surface area contributed by atoms with E-state index in [4.69, 9.17) is 0 Å². The number of nitrogens with zero attached hydrogens (tertiary/aromatic N) is 3. The van der Waals surface area contributed by atoms with Crippen LogP contribution in [0.2, 0.25) is 0 Å². The fraction of sp³-hybridized carbons (Fsp3) is 0.314. The molecule has 0 bridgehead atoms. The fourth-order valence-electron chi connectivity index (χ4n) is 5.98. The van der Waals surface area contributed by atoms with Gasteiger partial charge in [0.25, 0.3) is 0 Å². The van der Waals surface area contributed by atoms with E-state index < -0.39 is 17.4 Å². The highest BCUT2D eigenvalue weighted by atomic mass is 16.4. The molecule has 0 radical (unpaired) electrons. The summed E-state index contributed by atoms with van der Waals surface area (Å²) >= 11 is 0. The van der Waals surface area contributed by atoms with Gasteiger partial charge in [-0.2, -0.15) is 5.10 Å². The number of H-pyrrole nitrogens is 1. The molecular weight excluding hydrogens is 540 g/mol. The number of aromatic nitrogens is 4. The van der Waals surface area contributed by atoms with Crippen LogP contribution in [0.25, 0.3) is 11.3 Å². The molecule has 1 atom stereocenters. The minimum absolute atomic E-state index is 0.0622. The lowest BCUT2D eigenvalue weighted by molar-refractivity contribution is -0.142. The summed E-state index contributed by atoms with van der Waals surface area (Å²) in [5.74, 6) is -1.37. The van der Waals surface area contributed by atoms with Gasteiger partial charge in [-0.1, -0.05) is 85.0 Å². The molecule has 1 fully saturated rings. The molecule has 2 aliphatic carbocycles. The number of carbonyl (C=O) groups is 2. The van der Waals surface area contributed by atoms with Crippen LogP contribution in [0.4, 0.5) is 0 Å². The van der Waals surface area contributed by atoms with E-state index in [9.17, 15) is 19.8 Å². The summed E-state index contributed by atoms with van der Waals surface area (Å²) in [6.07, 6.45) is 14.7. The molecule has 0 amide bonds. The molecule has 3 N–H and O–H groups in total. The Bertz CT molecular complexity index is 1610. The predicted octanol–water partition coefficient (Wildman–Crippen LogP) is 7.05. The van der Waals surface area contributed by atoms with Gasteiger partial charge in [0.2, 0.25) is 0 Å². The Morgan fingerprint density at radius 3 is 2.35 bits per heavy atom. The molecule has 0 saturated heterocycles. The van der Waals surface area contributed by atoms with E-state index in [1.807, 2.05) is 29.1 Å². The van der Waals surface area contributed by atoms with E-state index >= 15 is 0 Å². The minimum atomic E-state index is -1.52. The maximum Gasteiger partial charge on any atom is 0.331 e. The fourth-order valence-corrected chi connectivity index (χ4v) is 5.98. The smallest absolute Gasteiger partial charge is 0.331 e. The van der Waals surface area contributed by atoms with Gasteiger partial charge in [-0.25, -0.2) is 9.78 Å². The molecule has 8 heteroatoms. The highest BCUT2D eigenvalue weighted by molar-refractivity contribution is 5.93. The lowest BCUT2D eigenvalue weighted by atomic mass is 9.75. The third-order valence-electron chi connectivity index (χ3n) is 8.32. The highest BCUT2D eigenvalue weighted by Gasteiger charge is 2.44. The summed E-state index contributed by atoms with van der Waals surface area (Å²) in [5, 5.41) is 23.6. The topological polar surface area (TPSA) is 121 Å². The number of carboxylic acids is 2. The van der Waals surface area contributed by atoms with Crippen molar-refractivity contribution in [2.45, 2.75) is 70.3 Å². The molecule has 2 aliphatic rings. The molecule has 8 nitrogen and oxygen atoms in total. The third kappa shape index (κ3) is 7.02. The summed E-state index contributed by atoms with van der Waals surface area (Å²) < 4.78 is 1.92. The van der Waals surface area contributed by atoms with E-state index in [-0.39, 0.29) is 17.8 Å². The largest absolute Gasteiger partial charge is 0.480 e. The van der Waals surface area contributed by atoms with Crippen LogP contribution in [-0.2, 0) is 21.5 Å². The van der Waals surface area contributed by atoms with Crippen molar-refractivity contribution in [2.24, 2.45) is 0 Å². The molecule has 6 rings (SSSR count). The Balaban J connectivity index is 0.000000235. The zero-order valence-electron chi connectivity index (χ0n) is 24.7. The maximum absolute atomic E-state index is 12.2. The lowest BCUT2D eigenvalue weighted by Gasteiger charge is -2.28. The van der Waals surface area contributed by atoms with Gasteiger partial charge in [0.1, 0.15) is 11.2 Å². The first-order valence-corrected chi connectivity index (χ1v) is 14.8. The summed E-state index contributed by atoms with van der Waals surface area (Å²) in [5.41, 5.74) is 4.72. The van der Waals surface area contributed by atoms with Gasteiger partial charge in [-0.05, 0) is 61.4 Å². The average molecular weight is 579 g/mol. The Labute approximate surface area is 251 Å².